The van der Waals surface area contributed by atoms with Gasteiger partial charge in [0.15, 0.2) is 0 Å². The first-order valence-corrected chi connectivity index (χ1v) is 7.24. The molecule has 0 radical (unpaired) electrons. The van der Waals surface area contributed by atoms with Gasteiger partial charge in [-0.1, -0.05) is 18.2 Å². The average Bonchev–Trinajstić information content (AvgIpc) is 2.17. The van der Waals surface area contributed by atoms with Crippen molar-refractivity contribution in [3.63, 3.8) is 0 Å². The van der Waals surface area contributed by atoms with Gasteiger partial charge in [0.25, 0.3) is 0 Å². The van der Waals surface area contributed by atoms with Crippen molar-refractivity contribution in [1.29, 1.82) is 0 Å². The average molecular weight is 249 g/mol. The Hall–Kier alpha value is -1.55. The van der Waals surface area contributed by atoms with Crippen molar-refractivity contribution in [2.24, 2.45) is 0 Å². The number of rotatable bonds is 2. The van der Waals surface area contributed by atoms with E-state index in [2.05, 4.69) is 4.72 Å². The van der Waals surface area contributed by atoms with Crippen molar-refractivity contribution in [1.82, 2.24) is 0 Å². The quantitative estimate of drug-likeness (QED) is 0.889. The minimum Gasteiger partial charge on any atom is -0.284 e. The van der Waals surface area contributed by atoms with Crippen molar-refractivity contribution >= 4 is 26.5 Å². The van der Waals surface area contributed by atoms with Crippen molar-refractivity contribution < 1.29 is 8.42 Å². The lowest BCUT2D eigenvalue weighted by molar-refractivity contribution is 0.607. The lowest BCUT2D eigenvalue weighted by atomic mass is 10.0. The highest BCUT2D eigenvalue weighted by Gasteiger charge is 2.06. The molecule has 0 spiro atoms. The second-order valence-electron chi connectivity index (χ2n) is 4.34. The molecule has 4 heteroatoms. The Morgan fingerprint density at radius 2 is 1.71 bits per heavy atom. The second-order valence-corrected chi connectivity index (χ2v) is 6.09. The molecule has 0 amide bonds. The first-order chi connectivity index (χ1) is 7.87. The number of hydrogen-bond acceptors (Lipinski definition) is 2. The zero-order valence-corrected chi connectivity index (χ0v) is 10.9. The lowest BCUT2D eigenvalue weighted by Gasteiger charge is -2.10. The van der Waals surface area contributed by atoms with Crippen molar-refractivity contribution in [2.75, 3.05) is 11.0 Å². The second kappa shape index (κ2) is 4.04. The summed E-state index contributed by atoms with van der Waals surface area (Å²) in [5.41, 5.74) is 2.83. The van der Waals surface area contributed by atoms with Gasteiger partial charge in [-0.3, -0.25) is 4.72 Å². The molecule has 0 heterocycles. The minimum atomic E-state index is -3.23. The zero-order chi connectivity index (χ0) is 12.6. The molecule has 0 aliphatic carbocycles. The molecule has 0 saturated carbocycles. The normalized spacial score (nSPS) is 11.7. The minimum absolute atomic E-state index is 0.617. The van der Waals surface area contributed by atoms with Gasteiger partial charge in [0.2, 0.25) is 10.0 Å². The fourth-order valence-corrected chi connectivity index (χ4v) is 2.54. The van der Waals surface area contributed by atoms with E-state index in [0.717, 1.165) is 28.2 Å². The number of nitrogens with one attached hydrogen (secondary N) is 1. The van der Waals surface area contributed by atoms with E-state index in [1.165, 1.54) is 0 Å². The molecule has 90 valence electrons. The summed E-state index contributed by atoms with van der Waals surface area (Å²) in [4.78, 5) is 0. The Morgan fingerprint density at radius 1 is 1.00 bits per heavy atom. The fraction of sp³-hybridized carbons (Fsp3) is 0.231. The summed E-state index contributed by atoms with van der Waals surface area (Å²) >= 11 is 0. The van der Waals surface area contributed by atoms with Crippen molar-refractivity contribution in [3.05, 3.63) is 41.5 Å². The Morgan fingerprint density at radius 3 is 2.35 bits per heavy atom. The number of benzene rings is 2. The summed E-state index contributed by atoms with van der Waals surface area (Å²) in [5.74, 6) is 0. The maximum Gasteiger partial charge on any atom is 0.229 e. The van der Waals surface area contributed by atoms with Crippen LogP contribution < -0.4 is 4.72 Å². The zero-order valence-electron chi connectivity index (χ0n) is 10.1. The van der Waals surface area contributed by atoms with Gasteiger partial charge in [0, 0.05) is 5.69 Å². The first-order valence-electron chi connectivity index (χ1n) is 5.34. The highest BCUT2D eigenvalue weighted by atomic mass is 32.2. The predicted molar refractivity (Wildman–Crippen MR) is 71.9 cm³/mol. The van der Waals surface area contributed by atoms with Crippen LogP contribution in [-0.4, -0.2) is 14.7 Å². The lowest BCUT2D eigenvalue weighted by Crippen LogP contribution is -2.09. The molecule has 3 nitrogen and oxygen atoms in total. The van der Waals surface area contributed by atoms with Crippen LogP contribution >= 0.6 is 0 Å². The molecular weight excluding hydrogens is 234 g/mol. The van der Waals surface area contributed by atoms with Crippen LogP contribution in [0.2, 0.25) is 0 Å². The molecule has 0 aromatic heterocycles. The third-order valence-corrected chi connectivity index (χ3v) is 3.33. The van der Waals surface area contributed by atoms with Gasteiger partial charge < -0.3 is 0 Å². The van der Waals surface area contributed by atoms with Gasteiger partial charge in [-0.2, -0.15) is 0 Å². The van der Waals surface area contributed by atoms with Crippen LogP contribution in [0, 0.1) is 13.8 Å². The molecule has 0 aliphatic heterocycles. The van der Waals surface area contributed by atoms with Gasteiger partial charge in [0.1, 0.15) is 0 Å². The standard InChI is InChI=1S/C13H15NO2S/c1-9-5-4-6-12-10(2)7-11(8-13(9)12)14-17(3,15)16/h4-8,14H,1-3H3. The molecule has 0 bridgehead atoms. The Bertz CT molecular complexity index is 675. The highest BCUT2D eigenvalue weighted by molar-refractivity contribution is 7.92. The molecule has 0 fully saturated rings. The van der Waals surface area contributed by atoms with Crippen LogP contribution in [0.4, 0.5) is 5.69 Å². The third kappa shape index (κ3) is 2.58. The van der Waals surface area contributed by atoms with E-state index < -0.39 is 10.0 Å². The van der Waals surface area contributed by atoms with Crippen LogP contribution in [0.15, 0.2) is 30.3 Å². The highest BCUT2D eigenvalue weighted by Crippen LogP contribution is 2.26. The third-order valence-electron chi connectivity index (χ3n) is 2.72. The number of anilines is 1. The van der Waals surface area contributed by atoms with Gasteiger partial charge >= 0.3 is 0 Å². The summed E-state index contributed by atoms with van der Waals surface area (Å²) in [5, 5.41) is 2.24. The fourth-order valence-electron chi connectivity index (χ4n) is 2.00. The Balaban J connectivity index is 2.66. The van der Waals surface area contributed by atoms with Crippen LogP contribution in [0.25, 0.3) is 10.8 Å². The summed E-state index contributed by atoms with van der Waals surface area (Å²) < 4.78 is 25.0. The van der Waals surface area contributed by atoms with Crippen molar-refractivity contribution in [3.8, 4) is 0 Å². The largest absolute Gasteiger partial charge is 0.284 e. The maximum atomic E-state index is 11.2. The predicted octanol–water partition coefficient (Wildman–Crippen LogP) is 2.83. The van der Waals surface area contributed by atoms with E-state index in [9.17, 15) is 8.42 Å². The summed E-state index contributed by atoms with van der Waals surface area (Å²) in [6.45, 7) is 4.00. The van der Waals surface area contributed by atoms with E-state index in [-0.39, 0.29) is 0 Å². The van der Waals surface area contributed by atoms with E-state index in [1.54, 1.807) is 0 Å². The smallest absolute Gasteiger partial charge is 0.229 e. The monoisotopic (exact) mass is 249 g/mol. The van der Waals surface area contributed by atoms with Gasteiger partial charge in [-0.25, -0.2) is 8.42 Å². The Labute approximate surface area is 102 Å². The molecule has 2 aromatic carbocycles. The number of aryl methyl sites for hydroxylation is 2. The van der Waals surface area contributed by atoms with Crippen LogP contribution in [0.5, 0.6) is 0 Å². The summed E-state index contributed by atoms with van der Waals surface area (Å²) in [6.07, 6.45) is 1.16. The topological polar surface area (TPSA) is 46.2 Å². The van der Waals surface area contributed by atoms with Crippen molar-refractivity contribution in [2.45, 2.75) is 13.8 Å². The van der Waals surface area contributed by atoms with E-state index in [0.29, 0.717) is 5.69 Å². The van der Waals surface area contributed by atoms with Gasteiger partial charge in [-0.15, -0.1) is 0 Å². The van der Waals surface area contributed by atoms with E-state index in [1.807, 2.05) is 44.2 Å². The van der Waals surface area contributed by atoms with Crippen LogP contribution in [-0.2, 0) is 10.0 Å². The molecule has 0 atom stereocenters. The van der Waals surface area contributed by atoms with Gasteiger partial charge in [-0.05, 0) is 47.9 Å². The van der Waals surface area contributed by atoms with Crippen LogP contribution in [0.3, 0.4) is 0 Å². The summed E-state index contributed by atoms with van der Waals surface area (Å²) in [7, 11) is -3.23. The molecule has 2 aromatic rings. The molecule has 2 rings (SSSR count). The number of fused-ring (bicyclic) bond motifs is 1. The maximum absolute atomic E-state index is 11.2. The molecule has 0 unspecified atom stereocenters. The number of hydrogen-bond donors (Lipinski definition) is 1. The van der Waals surface area contributed by atoms with Gasteiger partial charge in [0.05, 0.1) is 6.26 Å². The van der Waals surface area contributed by atoms with E-state index >= 15 is 0 Å². The molecular formula is C13H15NO2S. The number of sulfonamides is 1. The first kappa shape index (κ1) is 11.9. The molecule has 0 saturated heterocycles. The van der Waals surface area contributed by atoms with Crippen LogP contribution in [0.1, 0.15) is 11.1 Å². The molecule has 0 aliphatic rings. The molecule has 1 N–H and O–H groups in total. The van der Waals surface area contributed by atoms with E-state index in [4.69, 9.17) is 0 Å². The molecule has 17 heavy (non-hydrogen) atoms. The Kier molecular flexibility index (Phi) is 2.83. The SMILES string of the molecule is Cc1cc(NS(C)(=O)=O)cc2c(C)cccc12. The summed E-state index contributed by atoms with van der Waals surface area (Å²) in [6, 6.07) is 9.80.